The van der Waals surface area contributed by atoms with Crippen LogP contribution in [0.5, 0.6) is 5.75 Å². The van der Waals surface area contributed by atoms with Crippen molar-refractivity contribution in [2.24, 2.45) is 0 Å². The number of benzene rings is 3. The smallest absolute Gasteiger partial charge is 0.254 e. The molecule has 0 radical (unpaired) electrons. The third-order valence-electron chi connectivity index (χ3n) is 5.89. The zero-order valence-electron chi connectivity index (χ0n) is 18.8. The van der Waals surface area contributed by atoms with E-state index in [2.05, 4.69) is 5.32 Å². The van der Waals surface area contributed by atoms with Gasteiger partial charge in [-0.1, -0.05) is 41.9 Å². The van der Waals surface area contributed by atoms with Gasteiger partial charge in [-0.25, -0.2) is 4.39 Å². The molecule has 0 spiro atoms. The van der Waals surface area contributed by atoms with Crippen molar-refractivity contribution in [3.05, 3.63) is 94.3 Å². The molecule has 0 bridgehead atoms. The van der Waals surface area contributed by atoms with Gasteiger partial charge in [-0.3, -0.25) is 9.59 Å². The fourth-order valence-electron chi connectivity index (χ4n) is 4.31. The lowest BCUT2D eigenvalue weighted by Gasteiger charge is -2.41. The number of halogens is 2. The number of hydrogen-bond acceptors (Lipinski definition) is 4. The minimum Gasteiger partial charge on any atom is -0.495 e. The predicted octanol–water partition coefficient (Wildman–Crippen LogP) is 5.05. The molecule has 1 aliphatic rings. The molecule has 4 rings (SSSR count). The van der Waals surface area contributed by atoms with Crippen LogP contribution in [0, 0.1) is 5.82 Å². The SMILES string of the molecule is COCCN1C(=O)c2ccccc2C(C(=O)Nc2ccc(OC)c(Cl)c2)C1c1ccc(F)cc1. The molecule has 6 nitrogen and oxygen atoms in total. The average molecular weight is 483 g/mol. The summed E-state index contributed by atoms with van der Waals surface area (Å²) in [6, 6.07) is 17.2. The minimum atomic E-state index is -0.753. The molecule has 176 valence electrons. The van der Waals surface area contributed by atoms with Crippen LogP contribution in [0.1, 0.15) is 33.4 Å². The van der Waals surface area contributed by atoms with Gasteiger partial charge < -0.3 is 19.7 Å². The molecule has 0 aromatic heterocycles. The Morgan fingerprint density at radius 3 is 2.50 bits per heavy atom. The van der Waals surface area contributed by atoms with Gasteiger partial charge in [0.05, 0.1) is 30.7 Å². The van der Waals surface area contributed by atoms with E-state index >= 15 is 0 Å². The maximum absolute atomic E-state index is 13.7. The van der Waals surface area contributed by atoms with Crippen LogP contribution in [0.25, 0.3) is 0 Å². The molecule has 2 amide bonds. The number of anilines is 1. The van der Waals surface area contributed by atoms with Crippen LogP contribution in [0.2, 0.25) is 5.02 Å². The minimum absolute atomic E-state index is 0.210. The van der Waals surface area contributed by atoms with Gasteiger partial charge in [0.1, 0.15) is 11.6 Å². The van der Waals surface area contributed by atoms with E-state index in [1.807, 2.05) is 0 Å². The molecule has 0 saturated heterocycles. The summed E-state index contributed by atoms with van der Waals surface area (Å²) in [5, 5.41) is 3.28. The molecule has 3 aromatic carbocycles. The van der Waals surface area contributed by atoms with Crippen LogP contribution in [0.3, 0.4) is 0 Å². The Bertz CT molecular complexity index is 1200. The first-order valence-corrected chi connectivity index (χ1v) is 11.1. The Balaban J connectivity index is 1.80. The number of ether oxygens (including phenoxy) is 2. The highest BCUT2D eigenvalue weighted by molar-refractivity contribution is 6.32. The van der Waals surface area contributed by atoms with E-state index in [4.69, 9.17) is 21.1 Å². The zero-order chi connectivity index (χ0) is 24.2. The normalized spacial score (nSPS) is 17.3. The molecule has 3 aromatic rings. The summed E-state index contributed by atoms with van der Waals surface area (Å²) < 4.78 is 24.1. The van der Waals surface area contributed by atoms with Crippen molar-refractivity contribution in [2.75, 3.05) is 32.7 Å². The Kier molecular flexibility index (Phi) is 7.14. The van der Waals surface area contributed by atoms with Crippen molar-refractivity contribution in [3.8, 4) is 5.75 Å². The van der Waals surface area contributed by atoms with Gasteiger partial charge in [0.2, 0.25) is 5.91 Å². The Morgan fingerprint density at radius 1 is 1.09 bits per heavy atom. The second kappa shape index (κ2) is 10.2. The van der Waals surface area contributed by atoms with Gasteiger partial charge in [0.15, 0.2) is 0 Å². The summed E-state index contributed by atoms with van der Waals surface area (Å²) >= 11 is 6.24. The number of methoxy groups -OCH3 is 2. The standard InChI is InChI=1S/C26H24ClFN2O4/c1-33-14-13-30-24(16-7-9-17(28)10-8-16)23(19-5-3-4-6-20(19)26(30)32)25(31)29-18-11-12-22(34-2)21(27)15-18/h3-12,15,23-24H,13-14H2,1-2H3,(H,29,31). The van der Waals surface area contributed by atoms with Crippen LogP contribution in [0.15, 0.2) is 66.7 Å². The average Bonchev–Trinajstić information content (AvgIpc) is 2.84. The summed E-state index contributed by atoms with van der Waals surface area (Å²) in [5.41, 5.74) is 2.19. The largest absolute Gasteiger partial charge is 0.495 e. The second-order valence-corrected chi connectivity index (χ2v) is 8.30. The Hall–Kier alpha value is -3.42. The maximum atomic E-state index is 13.7. The summed E-state index contributed by atoms with van der Waals surface area (Å²) in [4.78, 5) is 28.8. The molecule has 1 N–H and O–H groups in total. The molecule has 8 heteroatoms. The molecular formula is C26H24ClFN2O4. The van der Waals surface area contributed by atoms with E-state index in [1.165, 1.54) is 19.2 Å². The topological polar surface area (TPSA) is 67.9 Å². The van der Waals surface area contributed by atoms with Crippen LogP contribution in [0.4, 0.5) is 10.1 Å². The monoisotopic (exact) mass is 482 g/mol. The van der Waals surface area contributed by atoms with Gasteiger partial charge >= 0.3 is 0 Å². The lowest BCUT2D eigenvalue weighted by atomic mass is 9.79. The summed E-state index contributed by atoms with van der Waals surface area (Å²) in [6.45, 7) is 0.553. The highest BCUT2D eigenvalue weighted by Gasteiger charge is 2.44. The van der Waals surface area contributed by atoms with Crippen molar-refractivity contribution in [3.63, 3.8) is 0 Å². The van der Waals surface area contributed by atoms with Crippen molar-refractivity contribution in [2.45, 2.75) is 12.0 Å². The summed E-state index contributed by atoms with van der Waals surface area (Å²) in [6.07, 6.45) is 0. The number of rotatable bonds is 7. The van der Waals surface area contributed by atoms with Crippen LogP contribution < -0.4 is 10.1 Å². The molecule has 1 heterocycles. The first-order chi connectivity index (χ1) is 16.4. The molecule has 0 fully saturated rings. The lowest BCUT2D eigenvalue weighted by molar-refractivity contribution is -0.119. The van der Waals surface area contributed by atoms with E-state index in [1.54, 1.807) is 66.6 Å². The molecular weight excluding hydrogens is 459 g/mol. The summed E-state index contributed by atoms with van der Waals surface area (Å²) in [5.74, 6) is -1.19. The molecule has 34 heavy (non-hydrogen) atoms. The third-order valence-corrected chi connectivity index (χ3v) is 6.18. The Labute approximate surface area is 202 Å². The van der Waals surface area contributed by atoms with E-state index in [0.717, 1.165) is 0 Å². The fourth-order valence-corrected chi connectivity index (χ4v) is 4.56. The van der Waals surface area contributed by atoms with Crippen LogP contribution in [-0.2, 0) is 9.53 Å². The first-order valence-electron chi connectivity index (χ1n) is 10.7. The van der Waals surface area contributed by atoms with E-state index < -0.39 is 17.8 Å². The quantitative estimate of drug-likeness (QED) is 0.511. The molecule has 2 atom stereocenters. The second-order valence-electron chi connectivity index (χ2n) is 7.89. The van der Waals surface area contributed by atoms with Crippen molar-refractivity contribution in [1.29, 1.82) is 0 Å². The van der Waals surface area contributed by atoms with Crippen molar-refractivity contribution in [1.82, 2.24) is 4.90 Å². The lowest BCUT2D eigenvalue weighted by Crippen LogP contribution is -2.47. The van der Waals surface area contributed by atoms with Gasteiger partial charge in [-0.2, -0.15) is 0 Å². The highest BCUT2D eigenvalue weighted by atomic mass is 35.5. The number of hydrogen-bond donors (Lipinski definition) is 1. The van der Waals surface area contributed by atoms with Gasteiger partial charge in [0.25, 0.3) is 5.91 Å². The predicted molar refractivity (Wildman–Crippen MR) is 128 cm³/mol. The Morgan fingerprint density at radius 2 is 1.82 bits per heavy atom. The van der Waals surface area contributed by atoms with Gasteiger partial charge in [-0.15, -0.1) is 0 Å². The van der Waals surface area contributed by atoms with E-state index in [-0.39, 0.29) is 25.0 Å². The molecule has 0 saturated carbocycles. The van der Waals surface area contributed by atoms with Crippen molar-refractivity contribution < 1.29 is 23.5 Å². The summed E-state index contributed by atoms with van der Waals surface area (Å²) in [7, 11) is 3.06. The molecule has 1 aliphatic heterocycles. The molecule has 2 unspecified atom stereocenters. The maximum Gasteiger partial charge on any atom is 0.254 e. The van der Waals surface area contributed by atoms with E-state index in [0.29, 0.717) is 33.1 Å². The number of amides is 2. The van der Waals surface area contributed by atoms with Crippen molar-refractivity contribution >= 4 is 29.1 Å². The first kappa shape index (κ1) is 23.7. The van der Waals surface area contributed by atoms with E-state index in [9.17, 15) is 14.0 Å². The zero-order valence-corrected chi connectivity index (χ0v) is 19.5. The highest BCUT2D eigenvalue weighted by Crippen LogP contribution is 2.43. The number of fused-ring (bicyclic) bond motifs is 1. The van der Waals surface area contributed by atoms with Crippen LogP contribution >= 0.6 is 11.6 Å². The van der Waals surface area contributed by atoms with Gasteiger partial charge in [0, 0.05) is 24.9 Å². The van der Waals surface area contributed by atoms with Crippen LogP contribution in [-0.4, -0.2) is 44.1 Å². The number of carbonyl (C=O) groups excluding carboxylic acids is 2. The molecule has 0 aliphatic carbocycles. The fraction of sp³-hybridized carbons (Fsp3) is 0.231. The third kappa shape index (κ3) is 4.62. The number of carbonyl (C=O) groups is 2. The number of nitrogens with zero attached hydrogens (tertiary/aromatic N) is 1. The van der Waals surface area contributed by atoms with Gasteiger partial charge in [-0.05, 0) is 47.5 Å². The number of nitrogens with one attached hydrogen (secondary N) is 1.